The molecule has 1 amide bonds. The van der Waals surface area contributed by atoms with Crippen LogP contribution in [-0.4, -0.2) is 58.8 Å². The van der Waals surface area contributed by atoms with Crippen LogP contribution in [0.4, 0.5) is 0 Å². The van der Waals surface area contributed by atoms with Gasteiger partial charge in [-0.15, -0.1) is 0 Å². The molecule has 6 nitrogen and oxygen atoms in total. The van der Waals surface area contributed by atoms with Crippen LogP contribution < -0.4 is 0 Å². The molecule has 6 heteroatoms. The Morgan fingerprint density at radius 3 is 2.48 bits per heavy atom. The maximum atomic E-state index is 13.0. The van der Waals surface area contributed by atoms with Gasteiger partial charge in [0.2, 0.25) is 0 Å². The molecule has 1 saturated heterocycles. The number of likely N-dealkylation sites (tertiary alicyclic amines) is 1. The molecule has 0 spiro atoms. The van der Waals surface area contributed by atoms with Crippen molar-refractivity contribution in [1.82, 2.24) is 14.8 Å². The smallest absolute Gasteiger partial charge is 0.295 e. The standard InChI is InChI=1S/C23H27N3O3/c1-15-6-7-16(2)18(14-15)21(27)19-20(17-8-10-24-11-9-17)26(23(29)22(19)28)13-5-12-25(3)4/h6-11,14,20,27H,5,12-13H2,1-4H3/t20-/m1/s1. The van der Waals surface area contributed by atoms with Crippen LogP contribution in [0, 0.1) is 13.8 Å². The van der Waals surface area contributed by atoms with E-state index in [4.69, 9.17) is 0 Å². The minimum absolute atomic E-state index is 0.124. The molecule has 2 heterocycles. The third-order valence-electron chi connectivity index (χ3n) is 5.21. The molecular formula is C23H27N3O3. The van der Waals surface area contributed by atoms with Crippen molar-refractivity contribution in [1.29, 1.82) is 0 Å². The number of carbonyl (C=O) groups is 2. The molecule has 0 radical (unpaired) electrons. The lowest BCUT2D eigenvalue weighted by atomic mass is 9.93. The van der Waals surface area contributed by atoms with Gasteiger partial charge in [0.05, 0.1) is 11.6 Å². The third kappa shape index (κ3) is 4.22. The minimum Gasteiger partial charge on any atom is -0.507 e. The Bertz CT molecular complexity index is 951. The van der Waals surface area contributed by atoms with E-state index in [0.29, 0.717) is 12.1 Å². The predicted octanol–water partition coefficient (Wildman–Crippen LogP) is 3.07. The molecule has 0 bridgehead atoms. The van der Waals surface area contributed by atoms with Gasteiger partial charge in [-0.05, 0) is 70.2 Å². The van der Waals surface area contributed by atoms with Crippen molar-refractivity contribution < 1.29 is 14.7 Å². The van der Waals surface area contributed by atoms with Crippen LogP contribution in [0.1, 0.15) is 34.7 Å². The van der Waals surface area contributed by atoms with E-state index in [1.165, 1.54) is 0 Å². The fourth-order valence-electron chi connectivity index (χ4n) is 3.70. The molecule has 1 aromatic carbocycles. The fourth-order valence-corrected chi connectivity index (χ4v) is 3.70. The molecule has 1 N–H and O–H groups in total. The number of aliphatic hydroxyl groups is 1. The summed E-state index contributed by atoms with van der Waals surface area (Å²) in [5.41, 5.74) is 3.30. The Morgan fingerprint density at radius 1 is 1.14 bits per heavy atom. The highest BCUT2D eigenvalue weighted by Gasteiger charge is 2.45. The van der Waals surface area contributed by atoms with E-state index >= 15 is 0 Å². The van der Waals surface area contributed by atoms with E-state index in [1.54, 1.807) is 29.4 Å². The van der Waals surface area contributed by atoms with E-state index in [9.17, 15) is 14.7 Å². The molecule has 152 valence electrons. The number of aromatic nitrogens is 1. The van der Waals surface area contributed by atoms with Gasteiger partial charge in [-0.3, -0.25) is 14.6 Å². The predicted molar refractivity (Wildman–Crippen MR) is 112 cm³/mol. The number of pyridine rings is 1. The quantitative estimate of drug-likeness (QED) is 0.464. The van der Waals surface area contributed by atoms with Gasteiger partial charge in [0, 0.05) is 24.5 Å². The monoisotopic (exact) mass is 393 g/mol. The van der Waals surface area contributed by atoms with Crippen molar-refractivity contribution in [2.45, 2.75) is 26.3 Å². The Balaban J connectivity index is 2.12. The van der Waals surface area contributed by atoms with Gasteiger partial charge in [0.15, 0.2) is 0 Å². The molecule has 0 unspecified atom stereocenters. The van der Waals surface area contributed by atoms with Gasteiger partial charge in [-0.2, -0.15) is 0 Å². The van der Waals surface area contributed by atoms with Crippen LogP contribution in [0.15, 0.2) is 48.3 Å². The summed E-state index contributed by atoms with van der Waals surface area (Å²) in [5, 5.41) is 11.1. The first-order valence-electron chi connectivity index (χ1n) is 9.72. The SMILES string of the molecule is Cc1ccc(C)c(C(O)=C2C(=O)C(=O)N(CCCN(C)C)[C@@H]2c2ccncc2)c1. The van der Waals surface area contributed by atoms with Crippen LogP contribution in [-0.2, 0) is 9.59 Å². The molecule has 2 aromatic rings. The second-order valence-corrected chi connectivity index (χ2v) is 7.75. The largest absolute Gasteiger partial charge is 0.507 e. The van der Waals surface area contributed by atoms with E-state index in [-0.39, 0.29) is 11.3 Å². The summed E-state index contributed by atoms with van der Waals surface area (Å²) in [6.07, 6.45) is 3.99. The second kappa shape index (κ2) is 8.57. The number of Topliss-reactive ketones (excluding diaryl/α,β-unsaturated/α-hetero) is 1. The number of amides is 1. The normalized spacial score (nSPS) is 18.7. The summed E-state index contributed by atoms with van der Waals surface area (Å²) < 4.78 is 0. The zero-order valence-corrected chi connectivity index (χ0v) is 17.3. The number of nitrogens with zero attached hydrogens (tertiary/aromatic N) is 3. The first kappa shape index (κ1) is 20.7. The second-order valence-electron chi connectivity index (χ2n) is 7.75. The molecule has 3 rings (SSSR count). The molecule has 1 aromatic heterocycles. The first-order chi connectivity index (χ1) is 13.8. The highest BCUT2D eigenvalue weighted by molar-refractivity contribution is 6.46. The number of ketones is 1. The zero-order chi connectivity index (χ0) is 21.1. The minimum atomic E-state index is -0.643. The first-order valence-corrected chi connectivity index (χ1v) is 9.72. The molecule has 1 fully saturated rings. The number of hydrogen-bond donors (Lipinski definition) is 1. The number of carbonyl (C=O) groups excluding carboxylic acids is 2. The summed E-state index contributed by atoms with van der Waals surface area (Å²) >= 11 is 0. The Hall–Kier alpha value is -2.99. The lowest BCUT2D eigenvalue weighted by Crippen LogP contribution is -2.32. The van der Waals surface area contributed by atoms with Crippen molar-refractivity contribution in [3.05, 3.63) is 70.6 Å². The number of rotatable bonds is 6. The van der Waals surface area contributed by atoms with Crippen molar-refractivity contribution in [2.24, 2.45) is 0 Å². The number of benzene rings is 1. The van der Waals surface area contributed by atoms with Crippen LogP contribution in [0.5, 0.6) is 0 Å². The molecular weight excluding hydrogens is 366 g/mol. The van der Waals surface area contributed by atoms with E-state index in [1.807, 2.05) is 51.0 Å². The van der Waals surface area contributed by atoms with Crippen molar-refractivity contribution in [3.63, 3.8) is 0 Å². The van der Waals surface area contributed by atoms with Crippen molar-refractivity contribution >= 4 is 17.4 Å². The van der Waals surface area contributed by atoms with Crippen LogP contribution in [0.2, 0.25) is 0 Å². The molecule has 29 heavy (non-hydrogen) atoms. The number of aliphatic hydroxyl groups excluding tert-OH is 1. The highest BCUT2D eigenvalue weighted by Crippen LogP contribution is 2.39. The maximum absolute atomic E-state index is 13.0. The van der Waals surface area contributed by atoms with Crippen molar-refractivity contribution in [2.75, 3.05) is 27.2 Å². The van der Waals surface area contributed by atoms with Gasteiger partial charge in [0.1, 0.15) is 5.76 Å². The summed E-state index contributed by atoms with van der Waals surface area (Å²) in [7, 11) is 3.93. The van der Waals surface area contributed by atoms with Crippen LogP contribution >= 0.6 is 0 Å². The van der Waals surface area contributed by atoms with Gasteiger partial charge in [0.25, 0.3) is 11.7 Å². The van der Waals surface area contributed by atoms with Gasteiger partial charge >= 0.3 is 0 Å². The van der Waals surface area contributed by atoms with E-state index in [2.05, 4.69) is 4.98 Å². The summed E-state index contributed by atoms with van der Waals surface area (Å²) in [6.45, 7) is 5.03. The average molecular weight is 393 g/mol. The maximum Gasteiger partial charge on any atom is 0.295 e. The average Bonchev–Trinajstić information content (AvgIpc) is 2.94. The molecule has 1 aliphatic heterocycles. The summed E-state index contributed by atoms with van der Waals surface area (Å²) in [6, 6.07) is 8.64. The Morgan fingerprint density at radius 2 is 1.83 bits per heavy atom. The Labute approximate surface area is 171 Å². The van der Waals surface area contributed by atoms with E-state index < -0.39 is 17.7 Å². The topological polar surface area (TPSA) is 73.7 Å². The Kier molecular flexibility index (Phi) is 6.13. The van der Waals surface area contributed by atoms with Crippen LogP contribution in [0.25, 0.3) is 5.76 Å². The van der Waals surface area contributed by atoms with Crippen molar-refractivity contribution in [3.8, 4) is 0 Å². The van der Waals surface area contributed by atoms with Gasteiger partial charge < -0.3 is 14.9 Å². The summed E-state index contributed by atoms with van der Waals surface area (Å²) in [4.78, 5) is 33.5. The summed E-state index contributed by atoms with van der Waals surface area (Å²) in [5.74, 6) is -1.34. The highest BCUT2D eigenvalue weighted by atomic mass is 16.3. The van der Waals surface area contributed by atoms with Gasteiger partial charge in [-0.25, -0.2) is 0 Å². The molecule has 0 saturated carbocycles. The lowest BCUT2D eigenvalue weighted by Gasteiger charge is -2.26. The number of aryl methyl sites for hydroxylation is 2. The molecule has 1 aliphatic rings. The third-order valence-corrected chi connectivity index (χ3v) is 5.21. The van der Waals surface area contributed by atoms with Gasteiger partial charge in [-0.1, -0.05) is 17.7 Å². The fraction of sp³-hybridized carbons (Fsp3) is 0.348. The van der Waals surface area contributed by atoms with E-state index in [0.717, 1.165) is 29.7 Å². The number of hydrogen-bond acceptors (Lipinski definition) is 5. The lowest BCUT2D eigenvalue weighted by molar-refractivity contribution is -0.139. The molecule has 1 atom stereocenters. The molecule has 0 aliphatic carbocycles. The van der Waals surface area contributed by atoms with Crippen LogP contribution in [0.3, 0.4) is 0 Å². The zero-order valence-electron chi connectivity index (χ0n) is 17.3.